The molecule has 0 aliphatic rings. The van der Waals surface area contributed by atoms with Gasteiger partial charge in [0, 0.05) is 23.1 Å². The topological polar surface area (TPSA) is 87.9 Å². The first-order valence-electron chi connectivity index (χ1n) is 5.88. The molecule has 4 nitrogen and oxygen atoms in total. The van der Waals surface area contributed by atoms with Crippen LogP contribution in [0.25, 0.3) is 6.08 Å². The van der Waals surface area contributed by atoms with Crippen molar-refractivity contribution in [2.45, 2.75) is 0 Å². The van der Waals surface area contributed by atoms with Crippen LogP contribution in [0, 0.1) is 5.41 Å². The van der Waals surface area contributed by atoms with Gasteiger partial charge in [0.1, 0.15) is 5.84 Å². The number of nitrogens with two attached hydrogens (primary N) is 2. The minimum absolute atomic E-state index is 0.305. The standard InChI is InChI=1S/C15H16N4/c16-13-6-4-11(5-7-13)8-9-19-15(18)12-2-1-3-14(17)10-12/h1-10H,16-17H2,(H2,18,19)/b9-8+. The number of hydrogen-bond acceptors (Lipinski definition) is 3. The third kappa shape index (κ3) is 3.61. The minimum atomic E-state index is 0.305. The third-order valence-electron chi connectivity index (χ3n) is 2.62. The highest BCUT2D eigenvalue weighted by molar-refractivity contribution is 5.97. The number of amidine groups is 1. The van der Waals surface area contributed by atoms with E-state index in [1.54, 1.807) is 18.3 Å². The zero-order valence-electron chi connectivity index (χ0n) is 10.4. The predicted molar refractivity (Wildman–Crippen MR) is 80.7 cm³/mol. The Morgan fingerprint density at radius 2 is 1.74 bits per heavy atom. The van der Waals surface area contributed by atoms with Crippen LogP contribution < -0.4 is 16.8 Å². The molecule has 0 atom stereocenters. The lowest BCUT2D eigenvalue weighted by atomic mass is 10.2. The van der Waals surface area contributed by atoms with Crippen molar-refractivity contribution in [2.24, 2.45) is 0 Å². The SMILES string of the molecule is N=C(N/C=C/c1ccc(N)cc1)c1cccc(N)c1. The summed E-state index contributed by atoms with van der Waals surface area (Å²) in [7, 11) is 0. The van der Waals surface area contributed by atoms with E-state index in [1.165, 1.54) is 0 Å². The van der Waals surface area contributed by atoms with Crippen molar-refractivity contribution in [3.05, 3.63) is 65.9 Å². The Labute approximate surface area is 112 Å². The molecule has 0 heterocycles. The number of hydrogen-bond donors (Lipinski definition) is 4. The fourth-order valence-corrected chi connectivity index (χ4v) is 1.61. The average molecular weight is 252 g/mol. The van der Waals surface area contributed by atoms with E-state index < -0.39 is 0 Å². The lowest BCUT2D eigenvalue weighted by Crippen LogP contribution is -2.17. The second kappa shape index (κ2) is 5.73. The van der Waals surface area contributed by atoms with Gasteiger partial charge in [-0.1, -0.05) is 24.3 Å². The Balaban J connectivity index is 1.98. The van der Waals surface area contributed by atoms with Gasteiger partial charge in [-0.2, -0.15) is 0 Å². The van der Waals surface area contributed by atoms with Gasteiger partial charge in [0.15, 0.2) is 0 Å². The number of rotatable bonds is 3. The van der Waals surface area contributed by atoms with Crippen molar-refractivity contribution < 1.29 is 0 Å². The van der Waals surface area contributed by atoms with E-state index in [9.17, 15) is 0 Å². The maximum absolute atomic E-state index is 7.89. The normalized spacial score (nSPS) is 10.5. The summed E-state index contributed by atoms with van der Waals surface area (Å²) in [6.07, 6.45) is 3.59. The van der Waals surface area contributed by atoms with Crippen molar-refractivity contribution in [3.63, 3.8) is 0 Å². The molecule has 0 aromatic heterocycles. The molecule has 0 saturated carbocycles. The maximum atomic E-state index is 7.89. The molecule has 6 N–H and O–H groups in total. The zero-order valence-corrected chi connectivity index (χ0v) is 10.4. The average Bonchev–Trinajstić information content (AvgIpc) is 2.41. The van der Waals surface area contributed by atoms with Gasteiger partial charge < -0.3 is 16.8 Å². The Hall–Kier alpha value is -2.75. The molecule has 0 amide bonds. The molecule has 4 heteroatoms. The first-order valence-corrected chi connectivity index (χ1v) is 5.88. The van der Waals surface area contributed by atoms with Gasteiger partial charge in [0.2, 0.25) is 0 Å². The fraction of sp³-hybridized carbons (Fsp3) is 0. The highest BCUT2D eigenvalue weighted by atomic mass is 14.9. The van der Waals surface area contributed by atoms with Crippen LogP contribution in [-0.4, -0.2) is 5.84 Å². The number of nitrogens with one attached hydrogen (secondary N) is 2. The van der Waals surface area contributed by atoms with E-state index in [4.69, 9.17) is 16.9 Å². The summed E-state index contributed by atoms with van der Waals surface area (Å²) < 4.78 is 0. The summed E-state index contributed by atoms with van der Waals surface area (Å²) in [6, 6.07) is 14.7. The van der Waals surface area contributed by atoms with Crippen LogP contribution in [0.1, 0.15) is 11.1 Å². The first kappa shape index (κ1) is 12.7. The molecule has 2 rings (SSSR count). The lowest BCUT2D eigenvalue weighted by Gasteiger charge is -2.04. The molecule has 0 saturated heterocycles. The Morgan fingerprint density at radius 3 is 2.42 bits per heavy atom. The van der Waals surface area contributed by atoms with Crippen molar-refractivity contribution in [2.75, 3.05) is 11.5 Å². The Bertz CT molecular complexity index is 600. The largest absolute Gasteiger partial charge is 0.399 e. The van der Waals surface area contributed by atoms with Gasteiger partial charge in [-0.15, -0.1) is 0 Å². The summed E-state index contributed by atoms with van der Waals surface area (Å²) in [5.41, 5.74) is 14.4. The molecule has 0 fully saturated rings. The van der Waals surface area contributed by atoms with Crippen LogP contribution in [0.2, 0.25) is 0 Å². The molecule has 0 spiro atoms. The van der Waals surface area contributed by atoms with Gasteiger partial charge in [-0.05, 0) is 35.9 Å². The van der Waals surface area contributed by atoms with Crippen LogP contribution in [0.3, 0.4) is 0 Å². The molecule has 0 radical (unpaired) electrons. The fourth-order valence-electron chi connectivity index (χ4n) is 1.61. The molecule has 0 aliphatic carbocycles. The summed E-state index contributed by atoms with van der Waals surface area (Å²) in [5.74, 6) is 0.305. The second-order valence-corrected chi connectivity index (χ2v) is 4.14. The predicted octanol–water partition coefficient (Wildman–Crippen LogP) is 2.44. The molecule has 2 aromatic rings. The number of anilines is 2. The molecule has 0 unspecified atom stereocenters. The van der Waals surface area contributed by atoms with Gasteiger partial charge in [-0.3, -0.25) is 5.41 Å². The van der Waals surface area contributed by atoms with E-state index in [1.807, 2.05) is 42.5 Å². The summed E-state index contributed by atoms with van der Waals surface area (Å²) >= 11 is 0. The maximum Gasteiger partial charge on any atom is 0.129 e. The van der Waals surface area contributed by atoms with Crippen molar-refractivity contribution in [1.29, 1.82) is 5.41 Å². The van der Waals surface area contributed by atoms with Crippen LogP contribution >= 0.6 is 0 Å². The first-order chi connectivity index (χ1) is 9.15. The van der Waals surface area contributed by atoms with Crippen LogP contribution in [-0.2, 0) is 0 Å². The highest BCUT2D eigenvalue weighted by Gasteiger charge is 1.98. The molecule has 2 aromatic carbocycles. The van der Waals surface area contributed by atoms with Crippen molar-refractivity contribution in [3.8, 4) is 0 Å². The van der Waals surface area contributed by atoms with E-state index in [2.05, 4.69) is 5.32 Å². The zero-order chi connectivity index (χ0) is 13.7. The van der Waals surface area contributed by atoms with Crippen molar-refractivity contribution >= 4 is 23.3 Å². The van der Waals surface area contributed by atoms with Crippen LogP contribution in [0.15, 0.2) is 54.7 Å². The number of benzene rings is 2. The van der Waals surface area contributed by atoms with E-state index >= 15 is 0 Å². The molecule has 0 bridgehead atoms. The Kier molecular flexibility index (Phi) is 3.83. The third-order valence-corrected chi connectivity index (χ3v) is 2.62. The van der Waals surface area contributed by atoms with E-state index in [0.717, 1.165) is 16.8 Å². The van der Waals surface area contributed by atoms with Gasteiger partial charge in [-0.25, -0.2) is 0 Å². The van der Waals surface area contributed by atoms with Crippen LogP contribution in [0.5, 0.6) is 0 Å². The minimum Gasteiger partial charge on any atom is -0.399 e. The molecule has 96 valence electrons. The smallest absolute Gasteiger partial charge is 0.129 e. The molecular weight excluding hydrogens is 236 g/mol. The quantitative estimate of drug-likeness (QED) is 0.384. The molecule has 19 heavy (non-hydrogen) atoms. The summed E-state index contributed by atoms with van der Waals surface area (Å²) in [6.45, 7) is 0. The molecule has 0 aliphatic heterocycles. The van der Waals surface area contributed by atoms with Crippen LogP contribution in [0.4, 0.5) is 11.4 Å². The lowest BCUT2D eigenvalue weighted by molar-refractivity contribution is 1.23. The number of nitrogen functional groups attached to an aromatic ring is 2. The van der Waals surface area contributed by atoms with Gasteiger partial charge >= 0.3 is 0 Å². The van der Waals surface area contributed by atoms with E-state index in [-0.39, 0.29) is 0 Å². The monoisotopic (exact) mass is 252 g/mol. The summed E-state index contributed by atoms with van der Waals surface area (Å²) in [5, 5.41) is 10.8. The summed E-state index contributed by atoms with van der Waals surface area (Å²) in [4.78, 5) is 0. The Morgan fingerprint density at radius 1 is 1.00 bits per heavy atom. The van der Waals surface area contributed by atoms with E-state index in [0.29, 0.717) is 11.5 Å². The van der Waals surface area contributed by atoms with Crippen molar-refractivity contribution in [1.82, 2.24) is 5.32 Å². The molecular formula is C15H16N4. The van der Waals surface area contributed by atoms with Gasteiger partial charge in [0.25, 0.3) is 0 Å². The second-order valence-electron chi connectivity index (χ2n) is 4.14. The highest BCUT2D eigenvalue weighted by Crippen LogP contribution is 2.08. The van der Waals surface area contributed by atoms with Gasteiger partial charge in [0.05, 0.1) is 0 Å².